The van der Waals surface area contributed by atoms with Crippen molar-refractivity contribution in [2.75, 3.05) is 0 Å². The van der Waals surface area contributed by atoms with E-state index in [0.717, 1.165) is 11.3 Å². The van der Waals surface area contributed by atoms with Gasteiger partial charge in [0, 0.05) is 0 Å². The molecule has 0 saturated carbocycles. The Morgan fingerprint density at radius 3 is 3.00 bits per heavy atom. The highest BCUT2D eigenvalue weighted by molar-refractivity contribution is 6.67. The minimum Gasteiger partial charge on any atom is -0.338 e. The number of benzene rings is 1. The van der Waals surface area contributed by atoms with Gasteiger partial charge in [0.25, 0.3) is 0 Å². The Balaban J connectivity index is 2.27. The van der Waals surface area contributed by atoms with Crippen LogP contribution in [0.2, 0.25) is 0 Å². The van der Waals surface area contributed by atoms with E-state index in [1.54, 1.807) is 12.3 Å². The summed E-state index contributed by atoms with van der Waals surface area (Å²) in [6.45, 7) is 2.05. The van der Waals surface area contributed by atoms with Crippen LogP contribution in [0.1, 0.15) is 11.4 Å². The van der Waals surface area contributed by atoms with E-state index >= 15 is 0 Å². The first-order valence-electron chi connectivity index (χ1n) is 5.19. The van der Waals surface area contributed by atoms with Crippen LogP contribution in [0.15, 0.2) is 36.5 Å². The molecule has 0 aliphatic rings. The van der Waals surface area contributed by atoms with Crippen molar-refractivity contribution in [1.29, 1.82) is 5.41 Å². The number of rotatable bonds is 3. The first-order valence-corrected chi connectivity index (χ1v) is 5.57. The summed E-state index contributed by atoms with van der Waals surface area (Å²) in [6.07, 6.45) is 4.93. The van der Waals surface area contributed by atoms with E-state index < -0.39 is 0 Å². The van der Waals surface area contributed by atoms with Gasteiger partial charge in [0.2, 0.25) is 0 Å². The van der Waals surface area contributed by atoms with Crippen molar-refractivity contribution >= 4 is 22.8 Å². The van der Waals surface area contributed by atoms with Crippen LogP contribution in [-0.2, 0) is 0 Å². The standard InChI is InChI=1S/C13H12ClN3/c1-9-3-2-4-10(7-9)11-8-16-13(17-11)6-5-12(14)15/h2-8,15H,1H3,(H,16,17)/b6-5-,15-12?. The maximum atomic E-state index is 7.08. The fraction of sp³-hybridized carbons (Fsp3) is 0.0769. The number of hydrogen-bond acceptors (Lipinski definition) is 2. The van der Waals surface area contributed by atoms with Crippen LogP contribution >= 0.6 is 11.6 Å². The predicted molar refractivity (Wildman–Crippen MR) is 71.4 cm³/mol. The van der Waals surface area contributed by atoms with Crippen molar-refractivity contribution in [3.8, 4) is 11.3 Å². The van der Waals surface area contributed by atoms with Gasteiger partial charge in [0.05, 0.1) is 11.9 Å². The lowest BCUT2D eigenvalue weighted by Gasteiger charge is -1.98. The Kier molecular flexibility index (Phi) is 3.40. The Morgan fingerprint density at radius 1 is 1.47 bits per heavy atom. The number of allylic oxidation sites excluding steroid dienone is 1. The zero-order valence-electron chi connectivity index (χ0n) is 9.37. The molecule has 1 aromatic heterocycles. The van der Waals surface area contributed by atoms with Crippen LogP contribution in [0.4, 0.5) is 0 Å². The maximum absolute atomic E-state index is 7.08. The smallest absolute Gasteiger partial charge is 0.130 e. The van der Waals surface area contributed by atoms with Gasteiger partial charge >= 0.3 is 0 Å². The summed E-state index contributed by atoms with van der Waals surface area (Å²) in [6, 6.07) is 8.17. The number of imidazole rings is 1. The third kappa shape index (κ3) is 3.04. The topological polar surface area (TPSA) is 52.5 Å². The first-order chi connectivity index (χ1) is 8.15. The molecule has 1 aromatic carbocycles. The van der Waals surface area contributed by atoms with Crippen LogP contribution in [-0.4, -0.2) is 15.1 Å². The molecule has 2 N–H and O–H groups in total. The van der Waals surface area contributed by atoms with E-state index in [-0.39, 0.29) is 5.17 Å². The number of H-pyrrole nitrogens is 1. The summed E-state index contributed by atoms with van der Waals surface area (Å²) in [5.74, 6) is 0.687. The van der Waals surface area contributed by atoms with Gasteiger partial charge in [-0.1, -0.05) is 35.4 Å². The summed E-state index contributed by atoms with van der Waals surface area (Å²) in [4.78, 5) is 7.36. The molecule has 0 saturated heterocycles. The molecule has 0 amide bonds. The third-order valence-corrected chi connectivity index (χ3v) is 2.44. The van der Waals surface area contributed by atoms with Crippen LogP contribution in [0.5, 0.6) is 0 Å². The molecule has 0 aliphatic heterocycles. The molecule has 0 atom stereocenters. The maximum Gasteiger partial charge on any atom is 0.130 e. The fourth-order valence-corrected chi connectivity index (χ4v) is 1.60. The third-order valence-electron chi connectivity index (χ3n) is 2.31. The Hall–Kier alpha value is -1.87. The summed E-state index contributed by atoms with van der Waals surface area (Å²) >= 11 is 5.43. The largest absolute Gasteiger partial charge is 0.338 e. The molecule has 17 heavy (non-hydrogen) atoms. The van der Waals surface area contributed by atoms with E-state index in [1.165, 1.54) is 11.6 Å². The lowest BCUT2D eigenvalue weighted by molar-refractivity contribution is 1.26. The molecular formula is C13H12ClN3. The molecular weight excluding hydrogens is 234 g/mol. The predicted octanol–water partition coefficient (Wildman–Crippen LogP) is 3.61. The van der Waals surface area contributed by atoms with Crippen molar-refractivity contribution in [2.24, 2.45) is 0 Å². The first kappa shape index (κ1) is 11.6. The molecule has 0 aliphatic carbocycles. The van der Waals surface area contributed by atoms with Gasteiger partial charge < -0.3 is 4.98 Å². The summed E-state index contributed by atoms with van der Waals surface area (Å²) in [7, 11) is 0. The van der Waals surface area contributed by atoms with Gasteiger partial charge in [-0.2, -0.15) is 0 Å². The Bertz CT molecular complexity index is 570. The number of aryl methyl sites for hydroxylation is 1. The Labute approximate surface area is 105 Å². The van der Waals surface area contributed by atoms with Crippen LogP contribution in [0.25, 0.3) is 17.3 Å². The monoisotopic (exact) mass is 245 g/mol. The highest BCUT2D eigenvalue weighted by Gasteiger charge is 2.01. The zero-order valence-corrected chi connectivity index (χ0v) is 10.1. The van der Waals surface area contributed by atoms with Crippen molar-refractivity contribution in [2.45, 2.75) is 6.92 Å². The van der Waals surface area contributed by atoms with Crippen LogP contribution in [0.3, 0.4) is 0 Å². The molecule has 1 heterocycles. The van der Waals surface area contributed by atoms with Crippen molar-refractivity contribution in [3.63, 3.8) is 0 Å². The molecule has 0 fully saturated rings. The average Bonchev–Trinajstić information content (AvgIpc) is 2.75. The van der Waals surface area contributed by atoms with E-state index in [4.69, 9.17) is 17.0 Å². The molecule has 0 bridgehead atoms. The van der Waals surface area contributed by atoms with Crippen molar-refractivity contribution in [1.82, 2.24) is 9.97 Å². The fourth-order valence-electron chi connectivity index (χ4n) is 1.53. The van der Waals surface area contributed by atoms with Gasteiger partial charge in [-0.05, 0) is 30.7 Å². The number of halogens is 1. The number of nitrogens with zero attached hydrogens (tertiary/aromatic N) is 1. The zero-order chi connectivity index (χ0) is 12.3. The van der Waals surface area contributed by atoms with Crippen LogP contribution in [0, 0.1) is 12.3 Å². The lowest BCUT2D eigenvalue weighted by Crippen LogP contribution is -1.80. The van der Waals surface area contributed by atoms with Gasteiger partial charge in [0.15, 0.2) is 0 Å². The second-order valence-corrected chi connectivity index (χ2v) is 4.14. The van der Waals surface area contributed by atoms with E-state index in [1.807, 2.05) is 12.1 Å². The molecule has 0 radical (unpaired) electrons. The van der Waals surface area contributed by atoms with Gasteiger partial charge in [-0.25, -0.2) is 4.98 Å². The molecule has 3 nitrogen and oxygen atoms in total. The molecule has 86 valence electrons. The van der Waals surface area contributed by atoms with Gasteiger partial charge in [0.1, 0.15) is 11.0 Å². The highest BCUT2D eigenvalue weighted by Crippen LogP contribution is 2.18. The number of aromatic nitrogens is 2. The second kappa shape index (κ2) is 4.97. The number of nitrogens with one attached hydrogen (secondary N) is 2. The molecule has 0 spiro atoms. The summed E-state index contributed by atoms with van der Waals surface area (Å²) in [5.41, 5.74) is 3.25. The van der Waals surface area contributed by atoms with E-state index in [9.17, 15) is 0 Å². The minimum absolute atomic E-state index is 0.0153. The van der Waals surface area contributed by atoms with Crippen molar-refractivity contribution in [3.05, 3.63) is 47.9 Å². The van der Waals surface area contributed by atoms with E-state index in [0.29, 0.717) is 5.82 Å². The van der Waals surface area contributed by atoms with Crippen molar-refractivity contribution < 1.29 is 0 Å². The minimum atomic E-state index is -0.0153. The second-order valence-electron chi connectivity index (χ2n) is 3.73. The van der Waals surface area contributed by atoms with Gasteiger partial charge in [-0.15, -0.1) is 0 Å². The number of hydrogen-bond donors (Lipinski definition) is 2. The summed E-state index contributed by atoms with van der Waals surface area (Å²) in [5, 5.41) is 7.06. The molecule has 2 rings (SSSR count). The summed E-state index contributed by atoms with van der Waals surface area (Å²) < 4.78 is 0. The SMILES string of the molecule is Cc1cccc(-c2cnc(/C=C\C(=N)Cl)[nH]2)c1. The van der Waals surface area contributed by atoms with E-state index in [2.05, 4.69) is 29.0 Å². The highest BCUT2D eigenvalue weighted by atomic mass is 35.5. The lowest BCUT2D eigenvalue weighted by atomic mass is 10.1. The normalized spacial score (nSPS) is 10.9. The number of aromatic amines is 1. The molecule has 4 heteroatoms. The molecule has 0 unspecified atom stereocenters. The quantitative estimate of drug-likeness (QED) is 0.798. The molecule has 2 aromatic rings. The van der Waals surface area contributed by atoms with Gasteiger partial charge in [-0.3, -0.25) is 5.41 Å². The van der Waals surface area contributed by atoms with Crippen LogP contribution < -0.4 is 0 Å². The average molecular weight is 246 g/mol. The Morgan fingerprint density at radius 2 is 2.29 bits per heavy atom.